The van der Waals surface area contributed by atoms with Crippen LogP contribution in [0.5, 0.6) is 0 Å². The summed E-state index contributed by atoms with van der Waals surface area (Å²) in [6.45, 7) is 19.8. The lowest BCUT2D eigenvalue weighted by Crippen LogP contribution is -2.54. The van der Waals surface area contributed by atoms with Crippen LogP contribution in [0, 0.1) is 5.41 Å². The molecule has 2 atom stereocenters. The molecule has 2 unspecified atom stereocenters. The van der Waals surface area contributed by atoms with Crippen molar-refractivity contribution < 1.29 is 4.74 Å². The minimum atomic E-state index is 0.313. The van der Waals surface area contributed by atoms with E-state index in [0.29, 0.717) is 23.2 Å². The molecule has 2 heterocycles. The van der Waals surface area contributed by atoms with Crippen LogP contribution in [0.3, 0.4) is 0 Å². The molecule has 0 amide bonds. The Balaban J connectivity index is 1.70. The molecule has 0 N–H and O–H groups in total. The van der Waals surface area contributed by atoms with Crippen molar-refractivity contribution in [1.82, 2.24) is 9.80 Å². The molecular formula is C18H36N2O. The summed E-state index contributed by atoms with van der Waals surface area (Å²) in [4.78, 5) is 5.20. The van der Waals surface area contributed by atoms with E-state index < -0.39 is 0 Å². The maximum Gasteiger partial charge on any atom is 0.0706 e. The monoisotopic (exact) mass is 296 g/mol. The van der Waals surface area contributed by atoms with Crippen LogP contribution in [0.1, 0.15) is 60.8 Å². The second kappa shape index (κ2) is 6.55. The average Bonchev–Trinajstić information content (AvgIpc) is 2.73. The molecule has 3 nitrogen and oxygen atoms in total. The van der Waals surface area contributed by atoms with Crippen molar-refractivity contribution in [1.29, 1.82) is 0 Å². The molecule has 0 radical (unpaired) electrons. The van der Waals surface area contributed by atoms with Gasteiger partial charge in [-0.1, -0.05) is 20.8 Å². The number of nitrogens with zero attached hydrogens (tertiary/aromatic N) is 2. The standard InChI is InChI=1S/C18H36N2O/c1-17(2,3)13-15-7-8-16(21-15)14-19-9-11-20(12-10-19)18(4,5)6/h15-16H,7-14H2,1-6H3. The van der Waals surface area contributed by atoms with Crippen LogP contribution < -0.4 is 0 Å². The molecule has 2 saturated heterocycles. The third-order valence-electron chi connectivity index (χ3n) is 4.82. The van der Waals surface area contributed by atoms with Crippen molar-refractivity contribution in [2.75, 3.05) is 32.7 Å². The van der Waals surface area contributed by atoms with Crippen LogP contribution in [0.4, 0.5) is 0 Å². The first-order valence-corrected chi connectivity index (χ1v) is 8.76. The van der Waals surface area contributed by atoms with E-state index in [1.165, 1.54) is 45.4 Å². The Bertz CT molecular complexity index is 321. The lowest BCUT2D eigenvalue weighted by molar-refractivity contribution is -0.00980. The van der Waals surface area contributed by atoms with Gasteiger partial charge in [0.05, 0.1) is 12.2 Å². The molecule has 2 aliphatic rings. The molecule has 124 valence electrons. The molecular weight excluding hydrogens is 260 g/mol. The molecule has 2 rings (SSSR count). The van der Waals surface area contributed by atoms with Crippen molar-refractivity contribution in [2.45, 2.75) is 78.6 Å². The van der Waals surface area contributed by atoms with Gasteiger partial charge in [0.1, 0.15) is 0 Å². The normalized spacial score (nSPS) is 30.0. The van der Waals surface area contributed by atoms with E-state index in [0.717, 1.165) is 6.54 Å². The van der Waals surface area contributed by atoms with Gasteiger partial charge in [0, 0.05) is 38.3 Å². The molecule has 0 aromatic heterocycles. The zero-order chi connectivity index (χ0) is 15.7. The number of hydrogen-bond acceptors (Lipinski definition) is 3. The Kier molecular flexibility index (Phi) is 5.38. The minimum Gasteiger partial charge on any atom is -0.374 e. The highest BCUT2D eigenvalue weighted by Gasteiger charge is 2.31. The van der Waals surface area contributed by atoms with Crippen molar-refractivity contribution in [3.63, 3.8) is 0 Å². The van der Waals surface area contributed by atoms with Crippen LogP contribution in [-0.2, 0) is 4.74 Å². The summed E-state index contributed by atoms with van der Waals surface area (Å²) in [6, 6.07) is 0. The summed E-state index contributed by atoms with van der Waals surface area (Å²) in [5.74, 6) is 0. The summed E-state index contributed by atoms with van der Waals surface area (Å²) in [5, 5.41) is 0. The van der Waals surface area contributed by atoms with Gasteiger partial charge in [-0.25, -0.2) is 0 Å². The lowest BCUT2D eigenvalue weighted by Gasteiger charge is -2.42. The first kappa shape index (κ1) is 17.2. The fourth-order valence-electron chi connectivity index (χ4n) is 3.64. The number of ether oxygens (including phenoxy) is 1. The average molecular weight is 296 g/mol. The van der Waals surface area contributed by atoms with E-state index in [4.69, 9.17) is 4.74 Å². The summed E-state index contributed by atoms with van der Waals surface area (Å²) in [5.41, 5.74) is 0.700. The van der Waals surface area contributed by atoms with Gasteiger partial charge in [0.2, 0.25) is 0 Å². The summed E-state index contributed by atoms with van der Waals surface area (Å²) < 4.78 is 6.28. The lowest BCUT2D eigenvalue weighted by atomic mass is 9.88. The molecule has 0 bridgehead atoms. The zero-order valence-electron chi connectivity index (χ0n) is 15.1. The van der Waals surface area contributed by atoms with Crippen LogP contribution in [0.2, 0.25) is 0 Å². The van der Waals surface area contributed by atoms with Gasteiger partial charge < -0.3 is 4.74 Å². The van der Waals surface area contributed by atoms with Gasteiger partial charge in [0.15, 0.2) is 0 Å². The van der Waals surface area contributed by atoms with Gasteiger partial charge in [-0.3, -0.25) is 9.80 Å². The van der Waals surface area contributed by atoms with E-state index in [-0.39, 0.29) is 0 Å². The summed E-state index contributed by atoms with van der Waals surface area (Å²) in [6.07, 6.45) is 4.66. The maximum absolute atomic E-state index is 6.28. The number of hydrogen-bond donors (Lipinski definition) is 0. The molecule has 0 aliphatic carbocycles. The van der Waals surface area contributed by atoms with Gasteiger partial charge in [0.25, 0.3) is 0 Å². The quantitative estimate of drug-likeness (QED) is 0.794. The molecule has 3 heteroatoms. The number of rotatable bonds is 3. The highest BCUT2D eigenvalue weighted by atomic mass is 16.5. The summed E-state index contributed by atoms with van der Waals surface area (Å²) in [7, 11) is 0. The Morgan fingerprint density at radius 3 is 1.95 bits per heavy atom. The fourth-order valence-corrected chi connectivity index (χ4v) is 3.64. The van der Waals surface area contributed by atoms with Crippen molar-refractivity contribution in [2.24, 2.45) is 5.41 Å². The van der Waals surface area contributed by atoms with Crippen LogP contribution in [0.15, 0.2) is 0 Å². The molecule has 0 spiro atoms. The maximum atomic E-state index is 6.28. The first-order chi connectivity index (χ1) is 9.63. The van der Waals surface area contributed by atoms with Gasteiger partial charge in [-0.05, 0) is 45.4 Å². The summed E-state index contributed by atoms with van der Waals surface area (Å²) >= 11 is 0. The molecule has 2 fully saturated rings. The largest absolute Gasteiger partial charge is 0.374 e. The molecule has 0 aromatic carbocycles. The highest BCUT2D eigenvalue weighted by Crippen LogP contribution is 2.31. The van der Waals surface area contributed by atoms with E-state index in [1.807, 2.05) is 0 Å². The van der Waals surface area contributed by atoms with E-state index >= 15 is 0 Å². The fraction of sp³-hybridized carbons (Fsp3) is 1.00. The molecule has 21 heavy (non-hydrogen) atoms. The predicted octanol–water partition coefficient (Wildman–Crippen LogP) is 3.39. The van der Waals surface area contributed by atoms with Crippen LogP contribution in [0.25, 0.3) is 0 Å². The van der Waals surface area contributed by atoms with Gasteiger partial charge in [-0.15, -0.1) is 0 Å². The Morgan fingerprint density at radius 2 is 1.43 bits per heavy atom. The van der Waals surface area contributed by atoms with E-state index in [9.17, 15) is 0 Å². The Morgan fingerprint density at radius 1 is 0.857 bits per heavy atom. The SMILES string of the molecule is CC(C)(C)CC1CCC(CN2CCN(C(C)(C)C)CC2)O1. The van der Waals surface area contributed by atoms with Crippen molar-refractivity contribution in [3.8, 4) is 0 Å². The van der Waals surface area contributed by atoms with Gasteiger partial charge in [-0.2, -0.15) is 0 Å². The Hall–Kier alpha value is -0.120. The third-order valence-corrected chi connectivity index (χ3v) is 4.82. The predicted molar refractivity (Wildman–Crippen MR) is 89.7 cm³/mol. The molecule has 0 aromatic rings. The van der Waals surface area contributed by atoms with E-state index in [1.54, 1.807) is 0 Å². The van der Waals surface area contributed by atoms with Crippen LogP contribution in [-0.4, -0.2) is 60.3 Å². The minimum absolute atomic E-state index is 0.313. The second-order valence-corrected chi connectivity index (χ2v) is 9.18. The van der Waals surface area contributed by atoms with Crippen LogP contribution >= 0.6 is 0 Å². The number of piperazine rings is 1. The molecule has 0 saturated carbocycles. The topological polar surface area (TPSA) is 15.7 Å². The van der Waals surface area contributed by atoms with Crippen molar-refractivity contribution >= 4 is 0 Å². The molecule has 2 aliphatic heterocycles. The zero-order valence-corrected chi connectivity index (χ0v) is 15.1. The highest BCUT2D eigenvalue weighted by molar-refractivity contribution is 4.85. The second-order valence-electron chi connectivity index (χ2n) is 9.18. The van der Waals surface area contributed by atoms with E-state index in [2.05, 4.69) is 51.3 Å². The Labute approximate surface area is 132 Å². The third kappa shape index (κ3) is 5.54. The first-order valence-electron chi connectivity index (χ1n) is 8.76. The van der Waals surface area contributed by atoms with Gasteiger partial charge >= 0.3 is 0 Å². The van der Waals surface area contributed by atoms with Crippen molar-refractivity contribution in [3.05, 3.63) is 0 Å². The smallest absolute Gasteiger partial charge is 0.0706 e.